The Morgan fingerprint density at radius 1 is 0.422 bits per heavy atom. The summed E-state index contributed by atoms with van der Waals surface area (Å²) in [5.74, 6) is -3.02. The fourth-order valence-electron chi connectivity index (χ4n) is 6.88. The van der Waals surface area contributed by atoms with Gasteiger partial charge < -0.3 is 84.9 Å². The highest BCUT2D eigenvalue weighted by Gasteiger charge is 2.51. The molecule has 0 aromatic carbocycles. The second kappa shape index (κ2) is 47.0. The predicted molar refractivity (Wildman–Crippen MR) is 321 cm³/mol. The van der Waals surface area contributed by atoms with Crippen LogP contribution in [0.25, 0.3) is 0 Å². The summed E-state index contributed by atoms with van der Waals surface area (Å²) < 4.78 is 46.3. The van der Waals surface area contributed by atoms with E-state index in [1.165, 1.54) is 13.8 Å². The van der Waals surface area contributed by atoms with E-state index in [1.807, 2.05) is 0 Å². The van der Waals surface area contributed by atoms with Crippen molar-refractivity contribution in [3.8, 4) is 0 Å². The van der Waals surface area contributed by atoms with E-state index in [4.69, 9.17) is 23.4 Å². The topological polar surface area (TPSA) is 350 Å². The molecule has 0 aromatic rings. The summed E-state index contributed by atoms with van der Waals surface area (Å²) in [6.45, 7) is 26.9. The highest BCUT2D eigenvalue weighted by Crippen LogP contribution is 2.52. The van der Waals surface area contributed by atoms with Crippen molar-refractivity contribution in [2.45, 2.75) is 184 Å². The molecule has 0 aliphatic rings. The fourth-order valence-corrected chi connectivity index (χ4v) is 13.2. The van der Waals surface area contributed by atoms with Crippen LogP contribution < -0.4 is 42.5 Å². The third kappa shape index (κ3) is 42.9. The fraction of sp³-hybridized carbons (Fsp3) is 0.741. The van der Waals surface area contributed by atoms with E-state index in [1.54, 1.807) is 0 Å². The van der Waals surface area contributed by atoms with E-state index < -0.39 is 97.4 Å². The molecule has 83 heavy (non-hydrogen) atoms. The van der Waals surface area contributed by atoms with Gasteiger partial charge in [0.2, 0.25) is 19.5 Å². The molecule has 0 atom stereocenters. The third-order valence-electron chi connectivity index (χ3n) is 12.5. The normalized spacial score (nSPS) is 10.8. The number of hydrogen-bond donors (Lipinski definition) is 8. The minimum absolute atomic E-state index is 0. The van der Waals surface area contributed by atoms with E-state index in [-0.39, 0.29) is 83.8 Å². The van der Waals surface area contributed by atoms with Gasteiger partial charge in [-0.3, -0.25) is 14.4 Å². The monoisotopic (exact) mass is 1230 g/mol. The summed E-state index contributed by atoms with van der Waals surface area (Å²) in [5, 5.41) is 19.0. The number of carbonyl (C=O) groups is 10. The van der Waals surface area contributed by atoms with Crippen LogP contribution in [0.2, 0.25) is 43.3 Å². The quantitative estimate of drug-likeness (QED) is 0.00719. The van der Waals surface area contributed by atoms with E-state index in [0.717, 1.165) is 44.2 Å². The molecule has 0 fully saturated rings. The van der Waals surface area contributed by atoms with Gasteiger partial charge in [-0.15, -0.1) is 0 Å². The molecule has 27 nitrogen and oxygen atoms in total. The van der Waals surface area contributed by atoms with Gasteiger partial charge in [-0.2, -0.15) is 0 Å². The smallest absolute Gasteiger partial charge is 0.411 e. The van der Waals surface area contributed by atoms with Gasteiger partial charge in [-0.25, -0.2) is 33.6 Å². The van der Waals surface area contributed by atoms with Crippen molar-refractivity contribution in [2.24, 2.45) is 0 Å². The second-order valence-corrected chi connectivity index (χ2v) is 30.2. The van der Waals surface area contributed by atoms with Crippen molar-refractivity contribution in [1.82, 2.24) is 42.5 Å². The number of alkyl carbamates (subject to hydrolysis) is 5. The number of unbranched alkanes of at least 4 members (excludes halogenated alkanes) is 5. The SMILES string of the molecule is C.C.C.C.C=C(C)C(=O)OCOC(=O)NCNC(=O)COC(=O)NCCCCCNC(=O)OCCCC[Si](C)(C)C(C)(C)C(C)(C)O[Si](C)(C)CCCOCCCCCC(=O)NCNC(=O)COC(=O)NCNC(=O)OCOC(=O)C(=C)C. The zero-order chi connectivity index (χ0) is 59.9. The van der Waals surface area contributed by atoms with Gasteiger partial charge in [-0.1, -0.05) is 88.7 Å². The zero-order valence-electron chi connectivity index (χ0n) is 48.1. The molecule has 0 radical (unpaired) electrons. The van der Waals surface area contributed by atoms with Crippen molar-refractivity contribution in [2.75, 3.05) is 79.7 Å². The summed E-state index contributed by atoms with van der Waals surface area (Å²) in [5.41, 5.74) is -0.0925. The lowest BCUT2D eigenvalue weighted by molar-refractivity contribution is -0.148. The lowest BCUT2D eigenvalue weighted by Crippen LogP contribution is -2.56. The molecule has 8 N–H and O–H groups in total. The van der Waals surface area contributed by atoms with Crippen molar-refractivity contribution >= 4 is 76.5 Å². The van der Waals surface area contributed by atoms with Gasteiger partial charge in [0.25, 0.3) is 11.8 Å². The number of rotatable bonds is 41. The number of esters is 2. The maximum absolute atomic E-state index is 12.3. The third-order valence-corrected chi connectivity index (χ3v) is 20.7. The first kappa shape index (κ1) is 85.3. The average Bonchev–Trinajstić information content (AvgIpc) is 3.35. The molecule has 0 saturated carbocycles. The van der Waals surface area contributed by atoms with Crippen molar-refractivity contribution in [3.05, 3.63) is 24.3 Å². The molecular weight excluding hydrogens is 1120 g/mol. The Bertz CT molecular complexity index is 1990. The van der Waals surface area contributed by atoms with Crippen LogP contribution in [-0.4, -0.2) is 162 Å². The Morgan fingerprint density at radius 2 is 0.819 bits per heavy atom. The van der Waals surface area contributed by atoms with Gasteiger partial charge in [0.05, 0.1) is 40.3 Å². The first-order chi connectivity index (χ1) is 37.0. The van der Waals surface area contributed by atoms with Crippen LogP contribution in [0, 0.1) is 0 Å². The highest BCUT2D eigenvalue weighted by molar-refractivity contribution is 6.80. The van der Waals surface area contributed by atoms with Gasteiger partial charge in [0.15, 0.2) is 21.5 Å². The Labute approximate surface area is 496 Å². The van der Waals surface area contributed by atoms with E-state index >= 15 is 0 Å². The first-order valence-electron chi connectivity index (χ1n) is 26.3. The number of hydrogen-bond acceptors (Lipinski definition) is 19. The van der Waals surface area contributed by atoms with E-state index in [0.29, 0.717) is 58.6 Å². The zero-order valence-corrected chi connectivity index (χ0v) is 50.1. The van der Waals surface area contributed by atoms with Gasteiger partial charge in [0.1, 0.15) is 0 Å². The van der Waals surface area contributed by atoms with Crippen LogP contribution in [0.1, 0.15) is 135 Å². The molecule has 0 rings (SSSR count). The Hall–Kier alpha value is -6.47. The number of nitrogens with one attached hydrogen (secondary N) is 8. The summed E-state index contributed by atoms with van der Waals surface area (Å²) >= 11 is 0. The maximum Gasteiger partial charge on any atom is 0.411 e. The predicted octanol–water partition coefficient (Wildman–Crippen LogP) is 7.94. The molecular formula is C54H106N8O19Si2. The number of ether oxygens (including phenoxy) is 8. The molecule has 0 heterocycles. The number of carbonyl (C=O) groups excluding carboxylic acids is 10. The molecule has 0 spiro atoms. The minimum atomic E-state index is -2.07. The maximum atomic E-state index is 12.3. The van der Waals surface area contributed by atoms with Gasteiger partial charge in [-0.05, 0) is 96.8 Å². The van der Waals surface area contributed by atoms with Crippen LogP contribution in [0.5, 0.6) is 0 Å². The Balaban J connectivity index is -0.00000507. The van der Waals surface area contributed by atoms with Crippen LogP contribution >= 0.6 is 0 Å². The molecule has 8 amide bonds. The first-order valence-corrected chi connectivity index (χ1v) is 32.6. The van der Waals surface area contributed by atoms with Crippen LogP contribution in [0.15, 0.2) is 24.3 Å². The molecule has 0 aliphatic carbocycles. The molecule has 0 saturated heterocycles. The second-order valence-electron chi connectivity index (χ2n) is 20.5. The molecule has 29 heteroatoms. The minimum Gasteiger partial charge on any atom is -0.450 e. The average molecular weight is 1230 g/mol. The Kier molecular flexibility index (Phi) is 48.3. The van der Waals surface area contributed by atoms with Crippen molar-refractivity contribution in [1.29, 1.82) is 0 Å². The summed E-state index contributed by atoms with van der Waals surface area (Å²) in [6, 6.07) is 1.99. The van der Waals surface area contributed by atoms with Crippen LogP contribution in [0.3, 0.4) is 0 Å². The van der Waals surface area contributed by atoms with E-state index in [2.05, 4.69) is 129 Å². The van der Waals surface area contributed by atoms with Crippen molar-refractivity contribution in [3.63, 3.8) is 0 Å². The number of amides is 8. The van der Waals surface area contributed by atoms with Crippen molar-refractivity contribution < 1.29 is 90.3 Å². The molecule has 0 aliphatic heterocycles. The lowest BCUT2D eigenvalue weighted by atomic mass is 9.93. The van der Waals surface area contributed by atoms with E-state index in [9.17, 15) is 47.9 Å². The van der Waals surface area contributed by atoms with Crippen LogP contribution in [0.4, 0.5) is 24.0 Å². The lowest BCUT2D eigenvalue weighted by Gasteiger charge is -2.53. The van der Waals surface area contributed by atoms with Gasteiger partial charge in [0, 0.05) is 43.9 Å². The highest BCUT2D eigenvalue weighted by atomic mass is 28.4. The largest absolute Gasteiger partial charge is 0.450 e. The summed E-state index contributed by atoms with van der Waals surface area (Å²) in [6.07, 6.45) is 2.88. The molecule has 0 unspecified atom stereocenters. The summed E-state index contributed by atoms with van der Waals surface area (Å²) in [7, 11) is -3.93. The Morgan fingerprint density at radius 3 is 1.31 bits per heavy atom. The standard InChI is InChI=1S/C50H90N8O19Si2.4CH4/c1-37(2)42(62)73-35-75-47(67)56-33-55-41(61)30-71-45(65)52-24-17-14-16-23-51-44(64)70-27-19-20-28-78(9,10)50(7,8)49(5,6)77-79(11,12)29-21-26-69-25-18-13-15-22-39(59)53-32-54-40(60)31-72-46(66)57-34-58-48(68)76-36-74-43(63)38(3)4;;;;/h1,3,13-36H2,2,4-12H3,(H,51,64)(H,52,65)(H,53,59)(H,54,60)(H,55,61)(H,56,67)(H,57,66)(H,58,68);4*1H4. The summed E-state index contributed by atoms with van der Waals surface area (Å²) in [4.78, 5) is 117. The molecule has 0 aromatic heterocycles. The van der Waals surface area contributed by atoms with Gasteiger partial charge >= 0.3 is 42.4 Å². The van der Waals surface area contributed by atoms with Crippen LogP contribution in [-0.2, 0) is 66.3 Å². The molecule has 0 bridgehead atoms. The molecule has 484 valence electrons.